The van der Waals surface area contributed by atoms with Gasteiger partial charge < -0.3 is 4.84 Å². The van der Waals surface area contributed by atoms with E-state index in [1.807, 2.05) is 0 Å². The summed E-state index contributed by atoms with van der Waals surface area (Å²) in [6.07, 6.45) is 2.87. The highest BCUT2D eigenvalue weighted by molar-refractivity contribution is 6.42. The lowest BCUT2D eigenvalue weighted by Gasteiger charge is -2.13. The lowest BCUT2D eigenvalue weighted by atomic mass is 10.1. The van der Waals surface area contributed by atoms with Crippen molar-refractivity contribution in [2.75, 3.05) is 13.2 Å². The molecule has 26 heavy (non-hydrogen) atoms. The minimum Gasteiger partial charge on any atom is -0.396 e. The summed E-state index contributed by atoms with van der Waals surface area (Å²) < 4.78 is 0. The van der Waals surface area contributed by atoms with Crippen molar-refractivity contribution in [3.8, 4) is 0 Å². The Bertz CT molecular complexity index is 833. The maximum Gasteiger partial charge on any atom is 0.261 e. The van der Waals surface area contributed by atoms with Gasteiger partial charge in [0, 0.05) is 6.54 Å². The summed E-state index contributed by atoms with van der Waals surface area (Å²) in [4.78, 5) is 30.9. The largest absolute Gasteiger partial charge is 0.396 e. The molecule has 1 aliphatic heterocycles. The van der Waals surface area contributed by atoms with Crippen molar-refractivity contribution in [3.63, 3.8) is 0 Å². The summed E-state index contributed by atoms with van der Waals surface area (Å²) in [7, 11) is 0. The average molecular weight is 391 g/mol. The number of carbonyl (C=O) groups excluding carboxylic acids is 2. The van der Waals surface area contributed by atoms with Crippen molar-refractivity contribution in [2.24, 2.45) is 5.16 Å². The first kappa shape index (κ1) is 18.4. The summed E-state index contributed by atoms with van der Waals surface area (Å²) in [5.41, 5.74) is 1.73. The molecular weight excluding hydrogens is 375 g/mol. The van der Waals surface area contributed by atoms with Crippen LogP contribution in [0.3, 0.4) is 0 Å². The van der Waals surface area contributed by atoms with Crippen molar-refractivity contribution >= 4 is 41.2 Å². The average Bonchev–Trinajstić information content (AvgIpc) is 2.89. The Balaban J connectivity index is 1.40. The molecule has 2 aromatic rings. The summed E-state index contributed by atoms with van der Waals surface area (Å²) in [6, 6.07) is 12.0. The van der Waals surface area contributed by atoms with E-state index in [1.165, 1.54) is 4.90 Å². The van der Waals surface area contributed by atoms with Crippen LogP contribution in [-0.2, 0) is 4.84 Å². The lowest BCUT2D eigenvalue weighted by Crippen LogP contribution is -2.30. The maximum atomic E-state index is 12.2. The Morgan fingerprint density at radius 1 is 0.962 bits per heavy atom. The van der Waals surface area contributed by atoms with Gasteiger partial charge >= 0.3 is 0 Å². The number of benzene rings is 2. The first-order chi connectivity index (χ1) is 12.6. The molecule has 0 atom stereocenters. The zero-order valence-corrected chi connectivity index (χ0v) is 15.3. The van der Waals surface area contributed by atoms with Gasteiger partial charge in [0.1, 0.15) is 6.61 Å². The van der Waals surface area contributed by atoms with Crippen LogP contribution in [0.1, 0.15) is 39.1 Å². The highest BCUT2D eigenvalue weighted by Gasteiger charge is 2.34. The van der Waals surface area contributed by atoms with Gasteiger partial charge in [-0.25, -0.2) is 0 Å². The fourth-order valence-corrected chi connectivity index (χ4v) is 2.93. The van der Waals surface area contributed by atoms with E-state index >= 15 is 0 Å². The smallest absolute Gasteiger partial charge is 0.261 e. The predicted molar refractivity (Wildman–Crippen MR) is 101 cm³/mol. The van der Waals surface area contributed by atoms with Gasteiger partial charge in [0.05, 0.1) is 27.4 Å². The van der Waals surface area contributed by atoms with Crippen LogP contribution in [0.5, 0.6) is 0 Å². The second-order valence-electron chi connectivity index (χ2n) is 5.76. The molecule has 0 spiro atoms. The number of carbonyl (C=O) groups is 2. The van der Waals surface area contributed by atoms with Crippen LogP contribution in [0.25, 0.3) is 0 Å². The number of unbranched alkanes of at least 4 members (excludes halogenated alkanes) is 1. The second-order valence-corrected chi connectivity index (χ2v) is 6.57. The van der Waals surface area contributed by atoms with Crippen LogP contribution in [-0.4, -0.2) is 36.1 Å². The van der Waals surface area contributed by atoms with Gasteiger partial charge in [0.25, 0.3) is 11.8 Å². The van der Waals surface area contributed by atoms with E-state index in [1.54, 1.807) is 48.7 Å². The Labute approximate surface area is 161 Å². The van der Waals surface area contributed by atoms with Crippen LogP contribution in [0.2, 0.25) is 10.0 Å². The quantitative estimate of drug-likeness (QED) is 0.304. The van der Waals surface area contributed by atoms with Gasteiger partial charge in [-0.1, -0.05) is 46.6 Å². The molecule has 1 aliphatic rings. The standard InChI is InChI=1S/C19H16Cl2N2O3/c20-16-8-7-13(11-17(16)21)12-22-26-10-4-3-9-23-18(24)14-5-1-2-6-15(14)19(23)25/h1-2,5-8,11-12H,3-4,9-10H2/b22-12-. The minimum atomic E-state index is -0.232. The van der Waals surface area contributed by atoms with Crippen molar-refractivity contribution in [1.82, 2.24) is 4.90 Å². The zero-order valence-electron chi connectivity index (χ0n) is 13.8. The normalized spacial score (nSPS) is 13.5. The number of hydrogen-bond acceptors (Lipinski definition) is 4. The van der Waals surface area contributed by atoms with E-state index in [9.17, 15) is 9.59 Å². The number of oxime groups is 1. The van der Waals surface area contributed by atoms with E-state index in [0.717, 1.165) is 5.56 Å². The minimum absolute atomic E-state index is 0.232. The Morgan fingerprint density at radius 2 is 1.65 bits per heavy atom. The van der Waals surface area contributed by atoms with Crippen molar-refractivity contribution in [2.45, 2.75) is 12.8 Å². The number of halogens is 2. The summed E-state index contributed by atoms with van der Waals surface area (Å²) in [5.74, 6) is -0.465. The molecule has 1 heterocycles. The molecule has 0 fully saturated rings. The first-order valence-corrected chi connectivity index (χ1v) is 8.89. The van der Waals surface area contributed by atoms with Gasteiger partial charge in [-0.2, -0.15) is 0 Å². The topological polar surface area (TPSA) is 59.0 Å². The summed E-state index contributed by atoms with van der Waals surface area (Å²) in [5, 5.41) is 4.81. The van der Waals surface area contributed by atoms with Gasteiger partial charge in [-0.3, -0.25) is 14.5 Å². The molecule has 0 N–H and O–H groups in total. The first-order valence-electron chi connectivity index (χ1n) is 8.13. The molecule has 0 aliphatic carbocycles. The molecule has 0 saturated carbocycles. The molecule has 0 radical (unpaired) electrons. The highest BCUT2D eigenvalue weighted by Crippen LogP contribution is 2.23. The zero-order chi connectivity index (χ0) is 18.5. The third kappa shape index (κ3) is 4.06. The third-order valence-electron chi connectivity index (χ3n) is 3.97. The Kier molecular flexibility index (Phi) is 5.91. The molecule has 134 valence electrons. The van der Waals surface area contributed by atoms with E-state index < -0.39 is 0 Å². The summed E-state index contributed by atoms with van der Waals surface area (Å²) >= 11 is 11.8. The van der Waals surface area contributed by atoms with Gasteiger partial charge in [-0.15, -0.1) is 0 Å². The van der Waals surface area contributed by atoms with Crippen molar-refractivity contribution < 1.29 is 14.4 Å². The molecule has 0 unspecified atom stereocenters. The molecule has 5 nitrogen and oxygen atoms in total. The van der Waals surface area contributed by atoms with Crippen LogP contribution in [0.15, 0.2) is 47.6 Å². The number of hydrogen-bond donors (Lipinski definition) is 0. The fourth-order valence-electron chi connectivity index (χ4n) is 2.62. The third-order valence-corrected chi connectivity index (χ3v) is 4.70. The van der Waals surface area contributed by atoms with Crippen molar-refractivity contribution in [3.05, 3.63) is 69.2 Å². The van der Waals surface area contributed by atoms with Gasteiger partial charge in [-0.05, 0) is 42.7 Å². The number of rotatable bonds is 7. The van der Waals surface area contributed by atoms with E-state index in [0.29, 0.717) is 47.2 Å². The molecular formula is C19H16Cl2N2O3. The maximum absolute atomic E-state index is 12.2. The molecule has 0 bridgehead atoms. The number of nitrogens with zero attached hydrogens (tertiary/aromatic N) is 2. The number of imide groups is 1. The molecule has 0 saturated heterocycles. The van der Waals surface area contributed by atoms with Crippen LogP contribution >= 0.6 is 23.2 Å². The predicted octanol–water partition coefficient (Wildman–Crippen LogP) is 4.42. The molecule has 2 amide bonds. The van der Waals surface area contributed by atoms with Crippen LogP contribution in [0, 0.1) is 0 Å². The van der Waals surface area contributed by atoms with E-state index in [4.69, 9.17) is 28.0 Å². The van der Waals surface area contributed by atoms with E-state index in [-0.39, 0.29) is 11.8 Å². The number of fused-ring (bicyclic) bond motifs is 1. The van der Waals surface area contributed by atoms with Crippen LogP contribution in [0.4, 0.5) is 0 Å². The number of amides is 2. The lowest BCUT2D eigenvalue weighted by molar-refractivity contribution is 0.0644. The van der Waals surface area contributed by atoms with E-state index in [2.05, 4.69) is 5.16 Å². The molecule has 3 rings (SSSR count). The van der Waals surface area contributed by atoms with Gasteiger partial charge in [0.15, 0.2) is 0 Å². The van der Waals surface area contributed by atoms with Gasteiger partial charge in [0.2, 0.25) is 0 Å². The molecule has 7 heteroatoms. The van der Waals surface area contributed by atoms with Crippen molar-refractivity contribution in [1.29, 1.82) is 0 Å². The fraction of sp³-hybridized carbons (Fsp3) is 0.211. The molecule has 0 aromatic heterocycles. The Morgan fingerprint density at radius 3 is 2.31 bits per heavy atom. The molecule has 2 aromatic carbocycles. The second kappa shape index (κ2) is 8.34. The Hall–Kier alpha value is -2.37. The monoisotopic (exact) mass is 390 g/mol. The SMILES string of the molecule is O=C1c2ccccc2C(=O)N1CCCCO/N=C\c1ccc(Cl)c(Cl)c1. The highest BCUT2D eigenvalue weighted by atomic mass is 35.5. The summed E-state index contributed by atoms with van der Waals surface area (Å²) in [6.45, 7) is 0.757. The van der Waals surface area contributed by atoms with Crippen LogP contribution < -0.4 is 0 Å².